The molecular formula is C21H21NO5. The molecule has 0 fully saturated rings. The molecule has 2 aromatic rings. The van der Waals surface area contributed by atoms with E-state index in [1.54, 1.807) is 7.11 Å². The van der Waals surface area contributed by atoms with Crippen LogP contribution in [-0.4, -0.2) is 31.3 Å². The van der Waals surface area contributed by atoms with E-state index in [2.05, 4.69) is 23.1 Å². The standard InChI is InChI=1S/C21H21NO5/c1-12(23)27-21-16-10-22-6-5-14-8-19-20(26-11-25-19)9-15(14)17(22)7-13(16)3-4-18(21)24-2/h3-4,8-9,17H,5-7,10-11H2,1-2H3. The zero-order valence-corrected chi connectivity index (χ0v) is 15.4. The third kappa shape index (κ3) is 2.63. The summed E-state index contributed by atoms with van der Waals surface area (Å²) in [6.07, 6.45) is 1.82. The van der Waals surface area contributed by atoms with Gasteiger partial charge in [0.15, 0.2) is 23.0 Å². The SMILES string of the molecule is COc1ccc2c(c1OC(C)=O)CN1CCc3cc4c(cc3C1C2)OCO4. The quantitative estimate of drug-likeness (QED) is 0.601. The Bertz CT molecular complexity index is 939. The number of esters is 1. The van der Waals surface area contributed by atoms with Gasteiger partial charge in [0.2, 0.25) is 6.79 Å². The molecule has 27 heavy (non-hydrogen) atoms. The first kappa shape index (κ1) is 16.4. The van der Waals surface area contributed by atoms with Crippen molar-refractivity contribution in [1.29, 1.82) is 0 Å². The summed E-state index contributed by atoms with van der Waals surface area (Å²) >= 11 is 0. The van der Waals surface area contributed by atoms with Gasteiger partial charge in [-0.1, -0.05) is 6.07 Å². The lowest BCUT2D eigenvalue weighted by molar-refractivity contribution is -0.132. The Morgan fingerprint density at radius 2 is 2.00 bits per heavy atom. The smallest absolute Gasteiger partial charge is 0.308 e. The van der Waals surface area contributed by atoms with Crippen LogP contribution in [0.1, 0.15) is 35.2 Å². The highest BCUT2D eigenvalue weighted by molar-refractivity contribution is 5.72. The molecule has 1 unspecified atom stereocenters. The largest absolute Gasteiger partial charge is 0.493 e. The van der Waals surface area contributed by atoms with Gasteiger partial charge in [-0.3, -0.25) is 9.69 Å². The fourth-order valence-electron chi connectivity index (χ4n) is 4.41. The first-order valence-corrected chi connectivity index (χ1v) is 9.17. The van der Waals surface area contributed by atoms with Crippen LogP contribution in [0.2, 0.25) is 0 Å². The summed E-state index contributed by atoms with van der Waals surface area (Å²) in [5.74, 6) is 2.50. The van der Waals surface area contributed by atoms with E-state index in [-0.39, 0.29) is 12.0 Å². The van der Waals surface area contributed by atoms with Crippen molar-refractivity contribution in [2.75, 3.05) is 20.4 Å². The molecule has 2 aromatic carbocycles. The zero-order valence-electron chi connectivity index (χ0n) is 15.4. The Morgan fingerprint density at radius 3 is 2.78 bits per heavy atom. The van der Waals surface area contributed by atoms with Crippen LogP contribution < -0.4 is 18.9 Å². The van der Waals surface area contributed by atoms with Crippen molar-refractivity contribution < 1.29 is 23.7 Å². The van der Waals surface area contributed by atoms with Crippen molar-refractivity contribution >= 4 is 5.97 Å². The Kier molecular flexibility index (Phi) is 3.75. The van der Waals surface area contributed by atoms with E-state index in [4.69, 9.17) is 18.9 Å². The number of hydrogen-bond acceptors (Lipinski definition) is 6. The lowest BCUT2D eigenvalue weighted by Crippen LogP contribution is -2.39. The van der Waals surface area contributed by atoms with Crippen LogP contribution in [0, 0.1) is 0 Å². The number of ether oxygens (including phenoxy) is 4. The van der Waals surface area contributed by atoms with E-state index in [9.17, 15) is 4.79 Å². The van der Waals surface area contributed by atoms with Gasteiger partial charge in [0.05, 0.1) is 7.11 Å². The Hall–Kier alpha value is -2.73. The van der Waals surface area contributed by atoms with Crippen LogP contribution >= 0.6 is 0 Å². The molecule has 6 heteroatoms. The van der Waals surface area contributed by atoms with Gasteiger partial charge in [-0.25, -0.2) is 0 Å². The van der Waals surface area contributed by atoms with Crippen molar-refractivity contribution in [1.82, 2.24) is 4.90 Å². The Labute approximate surface area is 157 Å². The fourth-order valence-corrected chi connectivity index (χ4v) is 4.41. The average molecular weight is 367 g/mol. The minimum atomic E-state index is -0.333. The molecule has 0 aliphatic carbocycles. The van der Waals surface area contributed by atoms with Crippen molar-refractivity contribution in [2.24, 2.45) is 0 Å². The van der Waals surface area contributed by atoms with Gasteiger partial charge < -0.3 is 18.9 Å². The van der Waals surface area contributed by atoms with E-state index in [1.165, 1.54) is 23.6 Å². The highest BCUT2D eigenvalue weighted by atomic mass is 16.7. The second kappa shape index (κ2) is 6.16. The van der Waals surface area contributed by atoms with E-state index in [1.807, 2.05) is 6.07 Å². The van der Waals surface area contributed by atoms with E-state index < -0.39 is 0 Å². The monoisotopic (exact) mass is 367 g/mol. The second-order valence-electron chi connectivity index (χ2n) is 7.17. The van der Waals surface area contributed by atoms with Gasteiger partial charge in [-0.05, 0) is 47.7 Å². The highest BCUT2D eigenvalue weighted by Gasteiger charge is 2.35. The van der Waals surface area contributed by atoms with Gasteiger partial charge in [0, 0.05) is 31.6 Å². The maximum Gasteiger partial charge on any atom is 0.308 e. The van der Waals surface area contributed by atoms with Crippen LogP contribution in [0.15, 0.2) is 24.3 Å². The minimum absolute atomic E-state index is 0.286. The van der Waals surface area contributed by atoms with Crippen molar-refractivity contribution in [3.63, 3.8) is 0 Å². The lowest BCUT2D eigenvalue weighted by Gasteiger charge is -2.41. The topological polar surface area (TPSA) is 57.2 Å². The number of benzene rings is 2. The zero-order chi connectivity index (χ0) is 18.5. The molecule has 0 aromatic heterocycles. The summed E-state index contributed by atoms with van der Waals surface area (Å²) in [6.45, 7) is 3.40. The molecule has 0 N–H and O–H groups in total. The molecular weight excluding hydrogens is 346 g/mol. The minimum Gasteiger partial charge on any atom is -0.493 e. The molecule has 3 aliphatic heterocycles. The summed E-state index contributed by atoms with van der Waals surface area (Å²) in [7, 11) is 1.60. The number of methoxy groups -OCH3 is 1. The van der Waals surface area contributed by atoms with Crippen LogP contribution in [0.3, 0.4) is 0 Å². The molecule has 5 rings (SSSR count). The molecule has 3 heterocycles. The summed E-state index contributed by atoms with van der Waals surface area (Å²) in [4.78, 5) is 14.0. The molecule has 0 saturated carbocycles. The van der Waals surface area contributed by atoms with Gasteiger partial charge in [0.1, 0.15) is 0 Å². The van der Waals surface area contributed by atoms with Gasteiger partial charge in [-0.2, -0.15) is 0 Å². The van der Waals surface area contributed by atoms with E-state index in [0.29, 0.717) is 18.3 Å². The average Bonchev–Trinajstić information content (AvgIpc) is 3.12. The maximum atomic E-state index is 11.6. The third-order valence-corrected chi connectivity index (χ3v) is 5.66. The second-order valence-corrected chi connectivity index (χ2v) is 7.17. The van der Waals surface area contributed by atoms with Gasteiger partial charge >= 0.3 is 5.97 Å². The van der Waals surface area contributed by atoms with E-state index in [0.717, 1.165) is 43.0 Å². The number of carbonyl (C=O) groups excluding carboxylic acids is 1. The number of hydrogen-bond donors (Lipinski definition) is 0. The summed E-state index contributed by atoms with van der Waals surface area (Å²) in [5.41, 5.74) is 4.88. The van der Waals surface area contributed by atoms with Crippen LogP contribution in [0.5, 0.6) is 23.0 Å². The molecule has 0 bridgehead atoms. The fraction of sp³-hybridized carbons (Fsp3) is 0.381. The molecule has 0 spiro atoms. The Morgan fingerprint density at radius 1 is 1.19 bits per heavy atom. The molecule has 140 valence electrons. The molecule has 1 atom stereocenters. The number of carbonyl (C=O) groups is 1. The summed E-state index contributed by atoms with van der Waals surface area (Å²) in [5, 5.41) is 0. The number of nitrogens with zero attached hydrogens (tertiary/aromatic N) is 1. The van der Waals surface area contributed by atoms with Gasteiger partial charge in [-0.15, -0.1) is 0 Å². The highest BCUT2D eigenvalue weighted by Crippen LogP contribution is 2.46. The van der Waals surface area contributed by atoms with Crippen LogP contribution in [0.4, 0.5) is 0 Å². The first-order chi connectivity index (χ1) is 13.1. The summed E-state index contributed by atoms with van der Waals surface area (Å²) in [6, 6.07) is 8.52. The van der Waals surface area contributed by atoms with Crippen LogP contribution in [-0.2, 0) is 24.2 Å². The van der Waals surface area contributed by atoms with Crippen molar-refractivity contribution in [3.05, 3.63) is 46.5 Å². The molecule has 6 nitrogen and oxygen atoms in total. The number of fused-ring (bicyclic) bond motifs is 5. The maximum absolute atomic E-state index is 11.6. The van der Waals surface area contributed by atoms with Gasteiger partial charge in [0.25, 0.3) is 0 Å². The predicted octanol–water partition coefficient (Wildman–Crippen LogP) is 3.00. The molecule has 3 aliphatic rings. The van der Waals surface area contributed by atoms with Crippen molar-refractivity contribution in [3.8, 4) is 23.0 Å². The number of rotatable bonds is 2. The molecule has 0 amide bonds. The normalized spacial score (nSPS) is 19.7. The van der Waals surface area contributed by atoms with Crippen LogP contribution in [0.25, 0.3) is 0 Å². The third-order valence-electron chi connectivity index (χ3n) is 5.66. The Balaban J connectivity index is 1.56. The molecule has 0 saturated heterocycles. The lowest BCUT2D eigenvalue weighted by atomic mass is 9.83. The molecule has 0 radical (unpaired) electrons. The van der Waals surface area contributed by atoms with Crippen molar-refractivity contribution in [2.45, 2.75) is 32.4 Å². The van der Waals surface area contributed by atoms with E-state index >= 15 is 0 Å². The summed E-state index contributed by atoms with van der Waals surface area (Å²) < 4.78 is 22.1. The predicted molar refractivity (Wildman–Crippen MR) is 97.4 cm³/mol. The first-order valence-electron chi connectivity index (χ1n) is 9.17.